The molecule has 0 saturated heterocycles. The highest BCUT2D eigenvalue weighted by atomic mass is 16.5. The molecule has 0 heterocycles. The van der Waals surface area contributed by atoms with Crippen molar-refractivity contribution in [3.8, 4) is 0 Å². The summed E-state index contributed by atoms with van der Waals surface area (Å²) in [6.45, 7) is 9.33. The molecular formula is C72H141NO6. The van der Waals surface area contributed by atoms with Crippen LogP contribution in [0.5, 0.6) is 0 Å². The van der Waals surface area contributed by atoms with Crippen molar-refractivity contribution < 1.29 is 28.6 Å². The van der Waals surface area contributed by atoms with Gasteiger partial charge in [-0.3, -0.25) is 19.3 Å². The van der Waals surface area contributed by atoms with Gasteiger partial charge in [-0.2, -0.15) is 0 Å². The maximum absolute atomic E-state index is 12.6. The average molecular weight is 1120 g/mol. The molecule has 7 nitrogen and oxygen atoms in total. The summed E-state index contributed by atoms with van der Waals surface area (Å²) in [4.78, 5) is 40.0. The first-order valence-corrected chi connectivity index (χ1v) is 36.2. The summed E-state index contributed by atoms with van der Waals surface area (Å²) in [6, 6.07) is 0. The first-order chi connectivity index (χ1) is 39.0. The predicted molar refractivity (Wildman–Crippen MR) is 343 cm³/mol. The summed E-state index contributed by atoms with van der Waals surface area (Å²) in [7, 11) is 0. The lowest BCUT2D eigenvalue weighted by atomic mass is 10.0. The number of esters is 3. The van der Waals surface area contributed by atoms with E-state index in [0.29, 0.717) is 58.7 Å². The first-order valence-electron chi connectivity index (χ1n) is 36.2. The normalized spacial score (nSPS) is 11.5. The van der Waals surface area contributed by atoms with E-state index in [2.05, 4.69) is 25.7 Å². The molecule has 0 rings (SSSR count). The van der Waals surface area contributed by atoms with E-state index in [1.165, 1.54) is 327 Å². The number of ether oxygens (including phenoxy) is 3. The van der Waals surface area contributed by atoms with Gasteiger partial charge in [-0.25, -0.2) is 0 Å². The van der Waals surface area contributed by atoms with Crippen LogP contribution < -0.4 is 0 Å². The van der Waals surface area contributed by atoms with Crippen molar-refractivity contribution in [3.63, 3.8) is 0 Å². The number of hydrogen-bond donors (Lipinski definition) is 0. The van der Waals surface area contributed by atoms with Crippen LogP contribution in [0.25, 0.3) is 0 Å². The Morgan fingerprint density at radius 1 is 0.203 bits per heavy atom. The molecule has 470 valence electrons. The topological polar surface area (TPSA) is 82.1 Å². The van der Waals surface area contributed by atoms with Gasteiger partial charge in [0.25, 0.3) is 0 Å². The molecule has 0 aliphatic heterocycles. The van der Waals surface area contributed by atoms with Crippen molar-refractivity contribution in [3.05, 3.63) is 0 Å². The summed E-state index contributed by atoms with van der Waals surface area (Å²) in [5.41, 5.74) is 0. The highest BCUT2D eigenvalue weighted by Crippen LogP contribution is 2.19. The van der Waals surface area contributed by atoms with Gasteiger partial charge in [-0.15, -0.1) is 0 Å². The largest absolute Gasteiger partial charge is 0.464 e. The SMILES string of the molecule is CCCCCCCCCCCCCCCCCCCCCC(=O)OCCN(CCOC(=O)CCCCCCCCCCCCCCCCCCCCC)CCOC(=O)CCCCCCCCCCCCCCCCCCCCC. The third-order valence-electron chi connectivity index (χ3n) is 17.0. The molecule has 7 heteroatoms. The third kappa shape index (κ3) is 67.1. The van der Waals surface area contributed by atoms with Crippen LogP contribution in [0.2, 0.25) is 0 Å². The van der Waals surface area contributed by atoms with Crippen molar-refractivity contribution in [2.45, 2.75) is 406 Å². The predicted octanol–water partition coefficient (Wildman–Crippen LogP) is 23.4. The molecule has 0 spiro atoms. The van der Waals surface area contributed by atoms with Crippen LogP contribution in [-0.2, 0) is 28.6 Å². The molecule has 0 N–H and O–H groups in total. The Hall–Kier alpha value is -1.63. The van der Waals surface area contributed by atoms with E-state index in [4.69, 9.17) is 14.2 Å². The van der Waals surface area contributed by atoms with Crippen LogP contribution in [0.1, 0.15) is 406 Å². The van der Waals surface area contributed by atoms with Gasteiger partial charge in [-0.1, -0.05) is 367 Å². The molecule has 0 fully saturated rings. The van der Waals surface area contributed by atoms with E-state index in [1.807, 2.05) is 0 Å². The van der Waals surface area contributed by atoms with Crippen LogP contribution in [0, 0.1) is 0 Å². The van der Waals surface area contributed by atoms with Crippen molar-refractivity contribution in [1.82, 2.24) is 4.90 Å². The van der Waals surface area contributed by atoms with Gasteiger partial charge in [0.2, 0.25) is 0 Å². The molecule has 0 unspecified atom stereocenters. The minimum atomic E-state index is -0.135. The molecule has 0 aromatic heterocycles. The van der Waals surface area contributed by atoms with Crippen molar-refractivity contribution >= 4 is 17.9 Å². The minimum Gasteiger partial charge on any atom is -0.464 e. The van der Waals surface area contributed by atoms with E-state index >= 15 is 0 Å². The molecule has 79 heavy (non-hydrogen) atoms. The van der Waals surface area contributed by atoms with E-state index in [9.17, 15) is 14.4 Å². The lowest BCUT2D eigenvalue weighted by Gasteiger charge is -2.22. The van der Waals surface area contributed by atoms with Crippen LogP contribution in [0.3, 0.4) is 0 Å². The zero-order valence-electron chi connectivity index (χ0n) is 54.1. The standard InChI is InChI=1S/C72H141NO6/c1-4-7-10-13-16-19-22-25-28-31-34-37-40-43-46-49-52-55-58-61-70(74)77-67-64-73(65-68-78-71(75)62-59-56-53-50-47-44-41-38-35-32-29-26-23-20-17-14-11-8-5-2)66-69-79-72(76)63-60-57-54-51-48-45-42-39-36-33-30-27-24-21-18-15-12-9-6-3/h4-69H2,1-3H3. The van der Waals surface area contributed by atoms with Gasteiger partial charge in [0, 0.05) is 38.9 Å². The van der Waals surface area contributed by atoms with Crippen molar-refractivity contribution in [1.29, 1.82) is 0 Å². The van der Waals surface area contributed by atoms with Gasteiger partial charge >= 0.3 is 17.9 Å². The number of carbonyl (C=O) groups excluding carboxylic acids is 3. The monoisotopic (exact) mass is 1120 g/mol. The molecule has 0 amide bonds. The summed E-state index contributed by atoms with van der Waals surface area (Å²) < 4.78 is 17.0. The fourth-order valence-electron chi connectivity index (χ4n) is 11.5. The fourth-order valence-corrected chi connectivity index (χ4v) is 11.5. The van der Waals surface area contributed by atoms with Gasteiger partial charge in [0.15, 0.2) is 0 Å². The lowest BCUT2D eigenvalue weighted by molar-refractivity contribution is -0.144. The Bertz CT molecular complexity index is 1050. The second-order valence-electron chi connectivity index (χ2n) is 24.8. The Kier molecular flexibility index (Phi) is 67.4. The van der Waals surface area contributed by atoms with E-state index in [1.54, 1.807) is 0 Å². The lowest BCUT2D eigenvalue weighted by Crippen LogP contribution is -2.35. The zero-order valence-corrected chi connectivity index (χ0v) is 54.1. The van der Waals surface area contributed by atoms with E-state index in [0.717, 1.165) is 38.5 Å². The highest BCUT2D eigenvalue weighted by molar-refractivity contribution is 5.70. The Labute approximate surface area is 494 Å². The minimum absolute atomic E-state index is 0.135. The summed E-state index contributed by atoms with van der Waals surface area (Å²) in [5, 5.41) is 0. The van der Waals surface area contributed by atoms with Crippen molar-refractivity contribution in [2.75, 3.05) is 39.5 Å². The third-order valence-corrected chi connectivity index (χ3v) is 17.0. The molecule has 0 atom stereocenters. The van der Waals surface area contributed by atoms with E-state index in [-0.39, 0.29) is 17.9 Å². The van der Waals surface area contributed by atoms with E-state index < -0.39 is 0 Å². The number of carbonyl (C=O) groups is 3. The number of rotatable bonds is 69. The van der Waals surface area contributed by atoms with Crippen molar-refractivity contribution in [2.24, 2.45) is 0 Å². The fraction of sp³-hybridized carbons (Fsp3) is 0.958. The molecule has 0 bridgehead atoms. The summed E-state index contributed by atoms with van der Waals surface area (Å²) >= 11 is 0. The highest BCUT2D eigenvalue weighted by Gasteiger charge is 2.12. The molecular weight excluding hydrogens is 975 g/mol. The maximum Gasteiger partial charge on any atom is 0.305 e. The van der Waals surface area contributed by atoms with Crippen LogP contribution in [0.4, 0.5) is 0 Å². The van der Waals surface area contributed by atoms with Crippen LogP contribution in [-0.4, -0.2) is 62.3 Å². The maximum atomic E-state index is 12.6. The summed E-state index contributed by atoms with van der Waals surface area (Å²) in [6.07, 6.45) is 77.5. The van der Waals surface area contributed by atoms with Gasteiger partial charge in [0.1, 0.15) is 19.8 Å². The molecule has 0 aliphatic carbocycles. The van der Waals surface area contributed by atoms with Crippen LogP contribution >= 0.6 is 0 Å². The zero-order chi connectivity index (χ0) is 57.1. The number of unbranched alkanes of at least 4 members (excludes halogenated alkanes) is 54. The van der Waals surface area contributed by atoms with Gasteiger partial charge in [-0.05, 0) is 19.3 Å². The second kappa shape index (κ2) is 68.9. The molecule has 0 radical (unpaired) electrons. The molecule has 0 aliphatic rings. The average Bonchev–Trinajstić information content (AvgIpc) is 3.44. The smallest absolute Gasteiger partial charge is 0.305 e. The van der Waals surface area contributed by atoms with Crippen LogP contribution in [0.15, 0.2) is 0 Å². The number of nitrogens with zero attached hydrogens (tertiary/aromatic N) is 1. The first kappa shape index (κ1) is 77.4. The van der Waals surface area contributed by atoms with Gasteiger partial charge in [0.05, 0.1) is 0 Å². The quantitative estimate of drug-likeness (QED) is 0.0341. The molecule has 0 saturated carbocycles. The molecule has 0 aromatic rings. The Balaban J connectivity index is 4.25. The summed E-state index contributed by atoms with van der Waals surface area (Å²) in [5.74, 6) is -0.406. The van der Waals surface area contributed by atoms with Gasteiger partial charge < -0.3 is 14.2 Å². The second-order valence-corrected chi connectivity index (χ2v) is 24.8. The Morgan fingerprint density at radius 3 is 0.468 bits per heavy atom. The number of hydrogen-bond acceptors (Lipinski definition) is 7. The Morgan fingerprint density at radius 2 is 0.329 bits per heavy atom. The molecule has 0 aromatic carbocycles.